The molecule has 10 heteroatoms. The molecule has 0 radical (unpaired) electrons. The summed E-state index contributed by atoms with van der Waals surface area (Å²) in [6, 6.07) is 9.79. The minimum absolute atomic E-state index is 0.0477. The van der Waals surface area contributed by atoms with Crippen LogP contribution in [0, 0.1) is 0 Å². The third-order valence-corrected chi connectivity index (χ3v) is 7.58. The molecule has 0 aliphatic carbocycles. The van der Waals surface area contributed by atoms with Crippen molar-refractivity contribution in [2.75, 3.05) is 69.4 Å². The van der Waals surface area contributed by atoms with Gasteiger partial charge in [0, 0.05) is 39.3 Å². The second-order valence-electron chi connectivity index (χ2n) is 8.52. The lowest BCUT2D eigenvalue weighted by molar-refractivity contribution is 0.123. The average molecular weight is 483 g/mol. The van der Waals surface area contributed by atoms with Gasteiger partial charge in [0.15, 0.2) is 0 Å². The van der Waals surface area contributed by atoms with Crippen molar-refractivity contribution in [3.63, 3.8) is 0 Å². The highest BCUT2D eigenvalue weighted by Crippen LogP contribution is 2.37. The molecule has 2 amide bonds. The Kier molecular flexibility index (Phi) is 6.68. The number of carbonyl (C=O) groups is 1. The number of benzene rings is 1. The van der Waals surface area contributed by atoms with Gasteiger partial charge in [-0.2, -0.15) is 0 Å². The molecule has 34 heavy (non-hydrogen) atoms. The third-order valence-electron chi connectivity index (χ3n) is 6.40. The number of methoxy groups -OCH3 is 1. The van der Waals surface area contributed by atoms with E-state index in [1.165, 1.54) is 5.00 Å². The molecule has 5 rings (SSSR count). The monoisotopic (exact) mass is 482 g/mol. The van der Waals surface area contributed by atoms with Crippen molar-refractivity contribution in [1.82, 2.24) is 20.2 Å². The molecular formula is C24H30N6O3S. The number of hydrogen-bond acceptors (Lipinski definition) is 8. The fourth-order valence-corrected chi connectivity index (χ4v) is 5.57. The molecule has 0 bridgehead atoms. The van der Waals surface area contributed by atoms with Crippen LogP contribution in [0.1, 0.15) is 18.5 Å². The number of piperazine rings is 1. The maximum Gasteiger partial charge on any atom is 0.317 e. The molecule has 0 unspecified atom stereocenters. The fraction of sp³-hybridized carbons (Fsp3) is 0.458. The standard InChI is InChI=1S/C24H30N6O3S/c1-17(18-4-3-5-19(14-18)32-2)27-24(31)30-8-6-29(7-9-30)23-22-20(25-16-26-23)15-21(34-22)28-10-12-33-13-11-28/h3-5,14-17H,6-13H2,1-2H3,(H,27,31)/t17-/m0/s1. The van der Waals surface area contributed by atoms with Crippen LogP contribution in [0.15, 0.2) is 36.7 Å². The second kappa shape index (κ2) is 10.0. The Bertz CT molecular complexity index is 1140. The van der Waals surface area contributed by atoms with Gasteiger partial charge in [0.25, 0.3) is 0 Å². The van der Waals surface area contributed by atoms with Gasteiger partial charge in [0.1, 0.15) is 17.9 Å². The first-order chi connectivity index (χ1) is 16.6. The van der Waals surface area contributed by atoms with Gasteiger partial charge in [-0.05, 0) is 30.7 Å². The molecule has 2 aromatic heterocycles. The summed E-state index contributed by atoms with van der Waals surface area (Å²) in [6.07, 6.45) is 1.64. The molecule has 0 spiro atoms. The predicted octanol–water partition coefficient (Wildman–Crippen LogP) is 3.13. The van der Waals surface area contributed by atoms with Gasteiger partial charge >= 0.3 is 6.03 Å². The number of thiophene rings is 1. The number of ether oxygens (including phenoxy) is 2. The molecule has 1 N–H and O–H groups in total. The molecule has 2 aliphatic heterocycles. The maximum atomic E-state index is 12.9. The highest BCUT2D eigenvalue weighted by Gasteiger charge is 2.25. The molecule has 180 valence electrons. The Labute approximate surface area is 203 Å². The SMILES string of the molecule is COc1cccc([C@H](C)NC(=O)N2CCN(c3ncnc4cc(N5CCOCC5)sc34)CC2)c1. The maximum absolute atomic E-state index is 12.9. The summed E-state index contributed by atoms with van der Waals surface area (Å²) in [5.41, 5.74) is 1.99. The van der Waals surface area contributed by atoms with E-state index >= 15 is 0 Å². The van der Waals surface area contributed by atoms with Gasteiger partial charge in [-0.3, -0.25) is 0 Å². The van der Waals surface area contributed by atoms with Gasteiger partial charge in [-0.25, -0.2) is 14.8 Å². The smallest absolute Gasteiger partial charge is 0.317 e. The first-order valence-electron chi connectivity index (χ1n) is 11.6. The predicted molar refractivity (Wildman–Crippen MR) is 134 cm³/mol. The summed E-state index contributed by atoms with van der Waals surface area (Å²) in [5, 5.41) is 4.33. The topological polar surface area (TPSA) is 83.1 Å². The number of aromatic nitrogens is 2. The van der Waals surface area contributed by atoms with Crippen molar-refractivity contribution in [3.05, 3.63) is 42.2 Å². The highest BCUT2D eigenvalue weighted by molar-refractivity contribution is 7.23. The zero-order valence-corrected chi connectivity index (χ0v) is 20.4. The zero-order valence-electron chi connectivity index (χ0n) is 19.6. The van der Waals surface area contributed by atoms with E-state index in [0.29, 0.717) is 13.1 Å². The number of fused-ring (bicyclic) bond motifs is 1. The summed E-state index contributed by atoms with van der Waals surface area (Å²) in [6.45, 7) is 8.06. The number of urea groups is 1. The van der Waals surface area contributed by atoms with Crippen molar-refractivity contribution >= 4 is 38.4 Å². The largest absolute Gasteiger partial charge is 0.497 e. The number of hydrogen-bond donors (Lipinski definition) is 1. The van der Waals surface area contributed by atoms with E-state index in [1.807, 2.05) is 36.1 Å². The van der Waals surface area contributed by atoms with Crippen LogP contribution in [-0.2, 0) is 4.74 Å². The molecule has 9 nitrogen and oxygen atoms in total. The van der Waals surface area contributed by atoms with Gasteiger partial charge in [0.05, 0.1) is 41.6 Å². The molecular weight excluding hydrogens is 452 g/mol. The number of anilines is 2. The van der Waals surface area contributed by atoms with Crippen LogP contribution in [0.3, 0.4) is 0 Å². The van der Waals surface area contributed by atoms with Gasteiger partial charge in [-0.1, -0.05) is 12.1 Å². The third kappa shape index (κ3) is 4.74. The van der Waals surface area contributed by atoms with Crippen molar-refractivity contribution in [2.24, 2.45) is 0 Å². The van der Waals surface area contributed by atoms with Crippen LogP contribution in [0.2, 0.25) is 0 Å². The average Bonchev–Trinajstić information content (AvgIpc) is 3.34. The number of nitrogens with one attached hydrogen (secondary N) is 1. The first-order valence-corrected chi connectivity index (χ1v) is 12.5. The number of carbonyl (C=O) groups excluding carboxylic acids is 1. The van der Waals surface area contributed by atoms with E-state index in [-0.39, 0.29) is 12.1 Å². The van der Waals surface area contributed by atoms with E-state index in [2.05, 4.69) is 31.2 Å². The molecule has 2 fully saturated rings. The Morgan fingerprint density at radius 1 is 1.09 bits per heavy atom. The normalized spacial score (nSPS) is 17.6. The number of amides is 2. The van der Waals surface area contributed by atoms with Crippen LogP contribution in [-0.4, -0.2) is 80.5 Å². The Hall–Kier alpha value is -3.11. The summed E-state index contributed by atoms with van der Waals surface area (Å²) >= 11 is 1.74. The second-order valence-corrected chi connectivity index (χ2v) is 9.55. The van der Waals surface area contributed by atoms with Gasteiger partial charge in [-0.15, -0.1) is 11.3 Å². The van der Waals surface area contributed by atoms with Crippen molar-refractivity contribution in [2.45, 2.75) is 13.0 Å². The highest BCUT2D eigenvalue weighted by atomic mass is 32.1. The van der Waals surface area contributed by atoms with Crippen LogP contribution >= 0.6 is 11.3 Å². The molecule has 1 atom stereocenters. The van der Waals surface area contributed by atoms with Crippen LogP contribution in [0.4, 0.5) is 15.6 Å². The Morgan fingerprint density at radius 3 is 2.65 bits per heavy atom. The van der Waals surface area contributed by atoms with Crippen molar-refractivity contribution < 1.29 is 14.3 Å². The molecule has 4 heterocycles. The fourth-order valence-electron chi connectivity index (χ4n) is 4.39. The summed E-state index contributed by atoms with van der Waals surface area (Å²) in [4.78, 5) is 28.5. The van der Waals surface area contributed by atoms with E-state index in [4.69, 9.17) is 9.47 Å². The van der Waals surface area contributed by atoms with Crippen LogP contribution < -0.4 is 19.9 Å². The van der Waals surface area contributed by atoms with E-state index < -0.39 is 0 Å². The van der Waals surface area contributed by atoms with E-state index in [9.17, 15) is 4.79 Å². The Morgan fingerprint density at radius 2 is 1.88 bits per heavy atom. The minimum atomic E-state index is -0.105. The van der Waals surface area contributed by atoms with Crippen molar-refractivity contribution in [3.8, 4) is 5.75 Å². The lowest BCUT2D eigenvalue weighted by atomic mass is 10.1. The Balaban J connectivity index is 1.22. The van der Waals surface area contributed by atoms with Crippen LogP contribution in [0.25, 0.3) is 10.2 Å². The van der Waals surface area contributed by atoms with E-state index in [0.717, 1.165) is 66.7 Å². The quantitative estimate of drug-likeness (QED) is 0.598. The summed E-state index contributed by atoms with van der Waals surface area (Å²) in [7, 11) is 1.65. The molecule has 2 aliphatic rings. The molecule has 2 saturated heterocycles. The number of rotatable bonds is 5. The minimum Gasteiger partial charge on any atom is -0.497 e. The zero-order chi connectivity index (χ0) is 23.5. The summed E-state index contributed by atoms with van der Waals surface area (Å²) < 4.78 is 11.9. The first kappa shape index (κ1) is 22.7. The van der Waals surface area contributed by atoms with Gasteiger partial charge < -0.3 is 29.5 Å². The van der Waals surface area contributed by atoms with E-state index in [1.54, 1.807) is 24.8 Å². The number of nitrogens with zero attached hydrogens (tertiary/aromatic N) is 5. The molecule has 3 aromatic rings. The lowest BCUT2D eigenvalue weighted by Gasteiger charge is -2.36. The molecule has 1 aromatic carbocycles. The lowest BCUT2D eigenvalue weighted by Crippen LogP contribution is -2.52. The van der Waals surface area contributed by atoms with Gasteiger partial charge in [0.2, 0.25) is 0 Å². The van der Waals surface area contributed by atoms with Crippen LogP contribution in [0.5, 0.6) is 5.75 Å². The van der Waals surface area contributed by atoms with Crippen molar-refractivity contribution in [1.29, 1.82) is 0 Å². The summed E-state index contributed by atoms with van der Waals surface area (Å²) in [5.74, 6) is 1.74. The molecule has 0 saturated carbocycles. The number of morpholine rings is 1.